The molecule has 0 bridgehead atoms. The number of aliphatic hydroxyl groups is 1. The van der Waals surface area contributed by atoms with Crippen molar-refractivity contribution in [1.82, 2.24) is 15.2 Å². The van der Waals surface area contributed by atoms with Crippen molar-refractivity contribution in [2.24, 2.45) is 0 Å². The Labute approximate surface area is 116 Å². The van der Waals surface area contributed by atoms with Crippen LogP contribution in [0.15, 0.2) is 24.5 Å². The maximum absolute atomic E-state index is 12.1. The second kappa shape index (κ2) is 5.87. The van der Waals surface area contributed by atoms with Gasteiger partial charge in [0.25, 0.3) is 0 Å². The van der Waals surface area contributed by atoms with Crippen molar-refractivity contribution in [2.45, 2.75) is 31.5 Å². The van der Waals surface area contributed by atoms with Crippen molar-refractivity contribution in [3.05, 3.63) is 30.1 Å². The summed E-state index contributed by atoms with van der Waals surface area (Å²) in [6, 6.07) is 1.82. The summed E-state index contributed by atoms with van der Waals surface area (Å²) in [7, 11) is 0. The molecule has 1 aromatic heterocycles. The molecule has 1 aliphatic rings. The highest BCUT2D eigenvalue weighted by Gasteiger charge is 2.39. The topological polar surface area (TPSA) is 103 Å². The maximum Gasteiger partial charge on any atom is 0.326 e. The van der Waals surface area contributed by atoms with Crippen LogP contribution >= 0.6 is 0 Å². The first-order valence-corrected chi connectivity index (χ1v) is 6.37. The van der Waals surface area contributed by atoms with E-state index in [4.69, 9.17) is 5.11 Å². The fraction of sp³-hybridized carbons (Fsp3) is 0.462. The molecule has 0 aliphatic carbocycles. The Kier molecular flexibility index (Phi) is 4.19. The number of aromatic nitrogens is 1. The Morgan fingerprint density at radius 1 is 1.45 bits per heavy atom. The standard InChI is InChI=1S/C13H17N3O4/c1-8(9-2-4-14-5-3-9)15-13(20)16-7-10(17)6-11(16)12(18)19/h2-5,8,10-11,17H,6-7H2,1H3,(H,15,20)(H,18,19)/t8?,10?,11-/m0/s1. The van der Waals surface area contributed by atoms with E-state index < -0.39 is 24.1 Å². The first kappa shape index (κ1) is 14.3. The fourth-order valence-electron chi connectivity index (χ4n) is 2.28. The number of hydrogen-bond donors (Lipinski definition) is 3. The lowest BCUT2D eigenvalue weighted by molar-refractivity contribution is -0.141. The first-order valence-electron chi connectivity index (χ1n) is 6.37. The molecule has 20 heavy (non-hydrogen) atoms. The van der Waals surface area contributed by atoms with Gasteiger partial charge in [0, 0.05) is 25.4 Å². The molecule has 7 nitrogen and oxygen atoms in total. The van der Waals surface area contributed by atoms with Gasteiger partial charge < -0.3 is 20.4 Å². The molecule has 0 aromatic carbocycles. The number of aliphatic carboxylic acids is 1. The summed E-state index contributed by atoms with van der Waals surface area (Å²) in [6.07, 6.45) is 2.51. The molecule has 0 radical (unpaired) electrons. The number of carbonyl (C=O) groups excluding carboxylic acids is 1. The summed E-state index contributed by atoms with van der Waals surface area (Å²) < 4.78 is 0. The van der Waals surface area contributed by atoms with Crippen LogP contribution in [0.4, 0.5) is 4.79 Å². The number of carbonyl (C=O) groups is 2. The zero-order valence-corrected chi connectivity index (χ0v) is 11.1. The highest BCUT2D eigenvalue weighted by atomic mass is 16.4. The molecular formula is C13H17N3O4. The van der Waals surface area contributed by atoms with Crippen molar-refractivity contribution < 1.29 is 19.8 Å². The molecule has 2 heterocycles. The zero-order valence-electron chi connectivity index (χ0n) is 11.1. The van der Waals surface area contributed by atoms with E-state index in [-0.39, 0.29) is 19.0 Å². The van der Waals surface area contributed by atoms with Crippen LogP contribution in [0.2, 0.25) is 0 Å². The van der Waals surface area contributed by atoms with Gasteiger partial charge in [-0.1, -0.05) is 0 Å². The minimum absolute atomic E-state index is 0.0336. The average molecular weight is 279 g/mol. The van der Waals surface area contributed by atoms with Crippen LogP contribution < -0.4 is 5.32 Å². The maximum atomic E-state index is 12.1. The largest absolute Gasteiger partial charge is 0.480 e. The monoisotopic (exact) mass is 279 g/mol. The van der Waals surface area contributed by atoms with Crippen molar-refractivity contribution in [3.63, 3.8) is 0 Å². The third-order valence-corrected chi connectivity index (χ3v) is 3.37. The molecule has 1 aromatic rings. The van der Waals surface area contributed by atoms with Gasteiger partial charge in [0.1, 0.15) is 6.04 Å². The molecule has 2 rings (SSSR count). The Balaban J connectivity index is 2.02. The molecule has 1 fully saturated rings. The molecule has 2 amide bonds. The van der Waals surface area contributed by atoms with E-state index in [9.17, 15) is 14.7 Å². The van der Waals surface area contributed by atoms with Crippen molar-refractivity contribution in [3.8, 4) is 0 Å². The summed E-state index contributed by atoms with van der Waals surface area (Å²) in [5, 5.41) is 21.3. The van der Waals surface area contributed by atoms with E-state index in [0.29, 0.717) is 0 Å². The van der Waals surface area contributed by atoms with Gasteiger partial charge in [0.15, 0.2) is 0 Å². The molecule has 1 aliphatic heterocycles. The van der Waals surface area contributed by atoms with Crippen LogP contribution in [0.5, 0.6) is 0 Å². The molecule has 2 unspecified atom stereocenters. The summed E-state index contributed by atoms with van der Waals surface area (Å²) in [4.78, 5) is 28.2. The van der Waals surface area contributed by atoms with Crippen LogP contribution in [-0.2, 0) is 4.79 Å². The predicted octanol–water partition coefficient (Wildman–Crippen LogP) is 0.372. The number of urea groups is 1. The average Bonchev–Trinajstić information content (AvgIpc) is 2.82. The summed E-state index contributed by atoms with van der Waals surface area (Å²) in [5.41, 5.74) is 0.875. The normalized spacial score (nSPS) is 23.4. The van der Waals surface area contributed by atoms with Gasteiger partial charge in [-0.15, -0.1) is 0 Å². The van der Waals surface area contributed by atoms with Gasteiger partial charge in [0.05, 0.1) is 12.1 Å². The lowest BCUT2D eigenvalue weighted by Gasteiger charge is -2.24. The van der Waals surface area contributed by atoms with Crippen LogP contribution in [0.1, 0.15) is 24.9 Å². The van der Waals surface area contributed by atoms with E-state index in [1.807, 2.05) is 0 Å². The van der Waals surface area contributed by atoms with Crippen molar-refractivity contribution in [1.29, 1.82) is 0 Å². The first-order chi connectivity index (χ1) is 9.49. The van der Waals surface area contributed by atoms with Gasteiger partial charge in [-0.05, 0) is 24.6 Å². The third-order valence-electron chi connectivity index (χ3n) is 3.37. The predicted molar refractivity (Wildman–Crippen MR) is 69.9 cm³/mol. The van der Waals surface area contributed by atoms with Gasteiger partial charge in [0.2, 0.25) is 0 Å². The van der Waals surface area contributed by atoms with Gasteiger partial charge in [-0.2, -0.15) is 0 Å². The molecular weight excluding hydrogens is 262 g/mol. The zero-order chi connectivity index (χ0) is 14.7. The number of β-amino-alcohol motifs (C(OH)–C–C–N with tert-alkyl or cyclic N) is 1. The Morgan fingerprint density at radius 2 is 2.10 bits per heavy atom. The minimum Gasteiger partial charge on any atom is -0.480 e. The van der Waals surface area contributed by atoms with Crippen molar-refractivity contribution >= 4 is 12.0 Å². The van der Waals surface area contributed by atoms with Crippen LogP contribution in [0.3, 0.4) is 0 Å². The summed E-state index contributed by atoms with van der Waals surface area (Å²) >= 11 is 0. The number of likely N-dealkylation sites (tertiary alicyclic amines) is 1. The molecule has 3 atom stereocenters. The molecule has 108 valence electrons. The molecule has 7 heteroatoms. The van der Waals surface area contributed by atoms with E-state index in [2.05, 4.69) is 10.3 Å². The highest BCUT2D eigenvalue weighted by molar-refractivity contribution is 5.83. The number of rotatable bonds is 3. The summed E-state index contributed by atoms with van der Waals surface area (Å²) in [5.74, 6) is -1.10. The van der Waals surface area contributed by atoms with Gasteiger partial charge in [-0.25, -0.2) is 9.59 Å². The summed E-state index contributed by atoms with van der Waals surface area (Å²) in [6.45, 7) is 1.83. The van der Waals surface area contributed by atoms with E-state index in [1.165, 1.54) is 0 Å². The number of hydrogen-bond acceptors (Lipinski definition) is 4. The molecule has 1 saturated heterocycles. The number of carboxylic acid groups (broad SMARTS) is 1. The minimum atomic E-state index is -1.10. The molecule has 0 spiro atoms. The van der Waals surface area contributed by atoms with Crippen LogP contribution in [0, 0.1) is 0 Å². The van der Waals surface area contributed by atoms with E-state index in [0.717, 1.165) is 10.5 Å². The number of pyridine rings is 1. The quantitative estimate of drug-likeness (QED) is 0.742. The smallest absolute Gasteiger partial charge is 0.326 e. The Bertz CT molecular complexity index is 494. The second-order valence-corrected chi connectivity index (χ2v) is 4.85. The van der Waals surface area contributed by atoms with E-state index >= 15 is 0 Å². The number of aliphatic hydroxyl groups excluding tert-OH is 1. The number of carboxylic acids is 1. The van der Waals surface area contributed by atoms with Crippen molar-refractivity contribution in [2.75, 3.05) is 6.54 Å². The molecule has 3 N–H and O–H groups in total. The Hall–Kier alpha value is -2.15. The van der Waals surface area contributed by atoms with E-state index in [1.54, 1.807) is 31.5 Å². The fourth-order valence-corrected chi connectivity index (χ4v) is 2.28. The number of nitrogens with zero attached hydrogens (tertiary/aromatic N) is 2. The Morgan fingerprint density at radius 3 is 2.70 bits per heavy atom. The number of nitrogens with one attached hydrogen (secondary N) is 1. The van der Waals surface area contributed by atoms with Gasteiger partial charge >= 0.3 is 12.0 Å². The second-order valence-electron chi connectivity index (χ2n) is 4.85. The molecule has 0 saturated carbocycles. The SMILES string of the molecule is CC(NC(=O)N1CC(O)C[C@H]1C(=O)O)c1ccncc1. The van der Waals surface area contributed by atoms with Crippen LogP contribution in [-0.4, -0.2) is 50.8 Å². The van der Waals surface area contributed by atoms with Gasteiger partial charge in [-0.3, -0.25) is 4.98 Å². The lowest BCUT2D eigenvalue weighted by atomic mass is 10.1. The highest BCUT2D eigenvalue weighted by Crippen LogP contribution is 2.19. The lowest BCUT2D eigenvalue weighted by Crippen LogP contribution is -2.46. The van der Waals surface area contributed by atoms with Crippen LogP contribution in [0.25, 0.3) is 0 Å². The number of amides is 2. The third kappa shape index (κ3) is 3.05.